The Bertz CT molecular complexity index is 577. The van der Waals surface area contributed by atoms with E-state index in [1.807, 2.05) is 27.7 Å². The summed E-state index contributed by atoms with van der Waals surface area (Å²) in [4.78, 5) is 40.1. The van der Waals surface area contributed by atoms with Crippen LogP contribution >= 0.6 is 0 Å². The molecule has 1 heterocycles. The summed E-state index contributed by atoms with van der Waals surface area (Å²) in [6.45, 7) is 9.24. The molecule has 0 radical (unpaired) electrons. The Morgan fingerprint density at radius 1 is 0.957 bits per heavy atom. The number of carbonyl (C=O) groups excluding carboxylic acids is 3. The van der Waals surface area contributed by atoms with E-state index in [0.717, 1.165) is 4.90 Å². The van der Waals surface area contributed by atoms with Crippen molar-refractivity contribution < 1.29 is 14.4 Å². The van der Waals surface area contributed by atoms with Crippen molar-refractivity contribution in [3.8, 4) is 0 Å². The zero-order valence-electron chi connectivity index (χ0n) is 14.2. The van der Waals surface area contributed by atoms with Crippen molar-refractivity contribution >= 4 is 17.7 Å². The zero-order valence-corrected chi connectivity index (χ0v) is 14.2. The van der Waals surface area contributed by atoms with Gasteiger partial charge < -0.3 is 4.90 Å². The lowest BCUT2D eigenvalue weighted by molar-refractivity contribution is -0.132. The van der Waals surface area contributed by atoms with E-state index in [1.54, 1.807) is 29.2 Å². The second-order valence-corrected chi connectivity index (χ2v) is 6.83. The molecule has 0 bridgehead atoms. The van der Waals surface area contributed by atoms with Gasteiger partial charge in [-0.05, 0) is 24.0 Å². The lowest BCUT2D eigenvalue weighted by atomic mass is 10.1. The highest BCUT2D eigenvalue weighted by Gasteiger charge is 2.37. The third-order valence-electron chi connectivity index (χ3n) is 3.70. The van der Waals surface area contributed by atoms with Gasteiger partial charge in [0.1, 0.15) is 6.54 Å². The molecular formula is C18H24N2O3. The molecule has 124 valence electrons. The number of nitrogens with zero attached hydrogens (tertiary/aromatic N) is 2. The van der Waals surface area contributed by atoms with Crippen molar-refractivity contribution in [3.63, 3.8) is 0 Å². The van der Waals surface area contributed by atoms with Gasteiger partial charge in [-0.2, -0.15) is 0 Å². The molecule has 0 spiro atoms. The highest BCUT2D eigenvalue weighted by Crippen LogP contribution is 2.22. The summed E-state index contributed by atoms with van der Waals surface area (Å²) >= 11 is 0. The summed E-state index contributed by atoms with van der Waals surface area (Å²) in [5, 5.41) is 0. The van der Waals surface area contributed by atoms with E-state index in [0.29, 0.717) is 36.1 Å². The van der Waals surface area contributed by atoms with Gasteiger partial charge in [-0.15, -0.1) is 0 Å². The highest BCUT2D eigenvalue weighted by molar-refractivity contribution is 6.22. The van der Waals surface area contributed by atoms with Crippen LogP contribution in [0.3, 0.4) is 0 Å². The fraction of sp³-hybridized carbons (Fsp3) is 0.500. The van der Waals surface area contributed by atoms with Crippen molar-refractivity contribution in [2.75, 3.05) is 19.6 Å². The molecule has 5 nitrogen and oxygen atoms in total. The lowest BCUT2D eigenvalue weighted by Crippen LogP contribution is -2.45. The number of hydrogen-bond donors (Lipinski definition) is 0. The molecule has 0 saturated heterocycles. The fourth-order valence-corrected chi connectivity index (χ4v) is 2.78. The van der Waals surface area contributed by atoms with Gasteiger partial charge in [-0.1, -0.05) is 39.8 Å². The normalized spacial score (nSPS) is 13.9. The second-order valence-electron chi connectivity index (χ2n) is 6.83. The van der Waals surface area contributed by atoms with Crippen LogP contribution < -0.4 is 0 Å². The average molecular weight is 316 g/mol. The molecular weight excluding hydrogens is 292 g/mol. The van der Waals surface area contributed by atoms with Gasteiger partial charge in [-0.25, -0.2) is 0 Å². The molecule has 0 N–H and O–H groups in total. The standard InChI is InChI=1S/C18H24N2O3/c1-12(2)9-19(10-13(3)4)16(21)11-20-17(22)14-7-5-6-8-15(14)18(20)23/h5-8,12-13H,9-11H2,1-4H3. The Kier molecular flexibility index (Phi) is 5.19. The first kappa shape index (κ1) is 17.2. The van der Waals surface area contributed by atoms with Crippen LogP contribution in [0.5, 0.6) is 0 Å². The zero-order chi connectivity index (χ0) is 17.1. The summed E-state index contributed by atoms with van der Waals surface area (Å²) in [5.74, 6) is -0.275. The molecule has 3 amide bonds. The quantitative estimate of drug-likeness (QED) is 0.757. The molecule has 0 unspecified atom stereocenters. The molecule has 0 aliphatic carbocycles. The smallest absolute Gasteiger partial charge is 0.262 e. The Labute approximate surface area is 137 Å². The first-order valence-electron chi connectivity index (χ1n) is 8.04. The minimum absolute atomic E-state index is 0.179. The van der Waals surface area contributed by atoms with Crippen LogP contribution in [0.1, 0.15) is 48.4 Å². The van der Waals surface area contributed by atoms with Crippen molar-refractivity contribution in [1.29, 1.82) is 0 Å². The second kappa shape index (κ2) is 6.94. The van der Waals surface area contributed by atoms with E-state index < -0.39 is 0 Å². The van der Waals surface area contributed by atoms with Gasteiger partial charge in [0.05, 0.1) is 11.1 Å². The Hall–Kier alpha value is -2.17. The number of imide groups is 1. The molecule has 0 atom stereocenters. The van der Waals surface area contributed by atoms with Gasteiger partial charge in [-0.3, -0.25) is 19.3 Å². The van der Waals surface area contributed by atoms with Crippen molar-refractivity contribution in [3.05, 3.63) is 35.4 Å². The molecule has 5 heteroatoms. The van der Waals surface area contributed by atoms with Crippen LogP contribution in [0.4, 0.5) is 0 Å². The number of hydrogen-bond acceptors (Lipinski definition) is 3. The van der Waals surface area contributed by atoms with Crippen LogP contribution in [0.15, 0.2) is 24.3 Å². The fourth-order valence-electron chi connectivity index (χ4n) is 2.78. The number of rotatable bonds is 6. The monoisotopic (exact) mass is 316 g/mol. The molecule has 1 aromatic carbocycles. The van der Waals surface area contributed by atoms with Crippen LogP contribution in [0.25, 0.3) is 0 Å². The Balaban J connectivity index is 2.13. The topological polar surface area (TPSA) is 57.7 Å². The molecule has 1 aliphatic heterocycles. The van der Waals surface area contributed by atoms with Crippen molar-refractivity contribution in [1.82, 2.24) is 9.80 Å². The Morgan fingerprint density at radius 2 is 1.39 bits per heavy atom. The maximum atomic E-state index is 12.6. The van der Waals surface area contributed by atoms with Crippen LogP contribution in [-0.2, 0) is 4.79 Å². The molecule has 0 fully saturated rings. The van der Waals surface area contributed by atoms with Gasteiger partial charge in [0.15, 0.2) is 0 Å². The van der Waals surface area contributed by atoms with Gasteiger partial charge >= 0.3 is 0 Å². The largest absolute Gasteiger partial charge is 0.341 e. The number of fused-ring (bicyclic) bond motifs is 1. The summed E-state index contributed by atoms with van der Waals surface area (Å²) in [5.41, 5.74) is 0.758. The number of carbonyl (C=O) groups is 3. The number of benzene rings is 1. The lowest BCUT2D eigenvalue weighted by Gasteiger charge is -2.28. The first-order chi connectivity index (χ1) is 10.8. The number of amides is 3. The first-order valence-corrected chi connectivity index (χ1v) is 8.04. The molecule has 0 saturated carbocycles. The SMILES string of the molecule is CC(C)CN(CC(C)C)C(=O)CN1C(=O)c2ccccc2C1=O. The van der Waals surface area contributed by atoms with Gasteiger partial charge in [0.25, 0.3) is 11.8 Å². The molecule has 1 aromatic rings. The molecule has 1 aliphatic rings. The third kappa shape index (κ3) is 3.78. The maximum Gasteiger partial charge on any atom is 0.262 e. The van der Waals surface area contributed by atoms with Gasteiger partial charge in [0.2, 0.25) is 5.91 Å². The minimum Gasteiger partial charge on any atom is -0.341 e. The van der Waals surface area contributed by atoms with E-state index in [9.17, 15) is 14.4 Å². The molecule has 2 rings (SSSR count). The minimum atomic E-state index is -0.381. The van der Waals surface area contributed by atoms with Crippen LogP contribution in [-0.4, -0.2) is 47.2 Å². The predicted octanol–water partition coefficient (Wildman–Crippen LogP) is 2.42. The summed E-state index contributed by atoms with van der Waals surface area (Å²) < 4.78 is 0. The maximum absolute atomic E-state index is 12.6. The van der Waals surface area contributed by atoms with Crippen molar-refractivity contribution in [2.24, 2.45) is 11.8 Å². The van der Waals surface area contributed by atoms with E-state index in [-0.39, 0.29) is 24.3 Å². The van der Waals surface area contributed by atoms with Crippen LogP contribution in [0.2, 0.25) is 0 Å². The summed E-state index contributed by atoms with van der Waals surface area (Å²) in [7, 11) is 0. The van der Waals surface area contributed by atoms with Crippen LogP contribution in [0, 0.1) is 11.8 Å². The van der Waals surface area contributed by atoms with E-state index in [2.05, 4.69) is 0 Å². The third-order valence-corrected chi connectivity index (χ3v) is 3.70. The predicted molar refractivity (Wildman–Crippen MR) is 88.1 cm³/mol. The summed E-state index contributed by atoms with van der Waals surface area (Å²) in [6, 6.07) is 6.69. The van der Waals surface area contributed by atoms with E-state index >= 15 is 0 Å². The van der Waals surface area contributed by atoms with E-state index in [1.165, 1.54) is 0 Å². The van der Waals surface area contributed by atoms with E-state index in [4.69, 9.17) is 0 Å². The van der Waals surface area contributed by atoms with Gasteiger partial charge in [0, 0.05) is 13.1 Å². The Morgan fingerprint density at radius 3 is 1.78 bits per heavy atom. The van der Waals surface area contributed by atoms with Crippen molar-refractivity contribution in [2.45, 2.75) is 27.7 Å². The summed E-state index contributed by atoms with van der Waals surface area (Å²) in [6.07, 6.45) is 0. The average Bonchev–Trinajstić information content (AvgIpc) is 2.71. The highest BCUT2D eigenvalue weighted by atomic mass is 16.2. The molecule has 0 aromatic heterocycles. The molecule has 23 heavy (non-hydrogen) atoms.